The van der Waals surface area contributed by atoms with Crippen molar-refractivity contribution in [3.63, 3.8) is 0 Å². The first-order valence-corrected chi connectivity index (χ1v) is 5.35. The third-order valence-corrected chi connectivity index (χ3v) is 2.40. The van der Waals surface area contributed by atoms with Gasteiger partial charge in [0.15, 0.2) is 5.84 Å². The summed E-state index contributed by atoms with van der Waals surface area (Å²) in [5.41, 5.74) is 2.90. The number of amidine groups is 1. The fraction of sp³-hybridized carbons (Fsp3) is 0.0909. The number of aromatic nitrogens is 1. The van der Waals surface area contributed by atoms with Gasteiger partial charge < -0.3 is 4.52 Å². The number of nitrogens with one attached hydrogen (secondary N) is 1. The first kappa shape index (κ1) is 12.5. The lowest BCUT2D eigenvalue weighted by molar-refractivity contribution is 0.231. The zero-order chi connectivity index (χ0) is 13.1. The molecule has 0 aliphatic heterocycles. The standard InChI is InChI=1S/C11H9ClFN3O2/c1-6-4-10(18-16-6)11(15-17)14-7-2-3-9(13)8(12)5-7/h2-5,17H,1H3,(H,14,15). The van der Waals surface area contributed by atoms with E-state index in [1.165, 1.54) is 18.2 Å². The van der Waals surface area contributed by atoms with Gasteiger partial charge >= 0.3 is 0 Å². The van der Waals surface area contributed by atoms with Gasteiger partial charge in [0.05, 0.1) is 16.4 Å². The van der Waals surface area contributed by atoms with E-state index in [0.717, 1.165) is 0 Å². The summed E-state index contributed by atoms with van der Waals surface area (Å²) in [5.74, 6) is -0.224. The van der Waals surface area contributed by atoms with E-state index in [2.05, 4.69) is 10.1 Å². The summed E-state index contributed by atoms with van der Waals surface area (Å²) in [7, 11) is 0. The molecule has 2 aromatic rings. The molecule has 18 heavy (non-hydrogen) atoms. The highest BCUT2D eigenvalue weighted by Crippen LogP contribution is 2.22. The van der Waals surface area contributed by atoms with Gasteiger partial charge in [0.25, 0.3) is 0 Å². The van der Waals surface area contributed by atoms with Crippen molar-refractivity contribution in [2.45, 2.75) is 6.92 Å². The Hall–Kier alpha value is -1.92. The maximum absolute atomic E-state index is 13.0. The van der Waals surface area contributed by atoms with Crippen molar-refractivity contribution in [1.29, 1.82) is 0 Å². The van der Waals surface area contributed by atoms with Gasteiger partial charge in [0, 0.05) is 6.07 Å². The number of nitrogens with zero attached hydrogens (tertiary/aromatic N) is 2. The lowest BCUT2D eigenvalue weighted by Crippen LogP contribution is -2.19. The monoisotopic (exact) mass is 269 g/mol. The zero-order valence-corrected chi connectivity index (χ0v) is 10.1. The molecule has 0 unspecified atom stereocenters. The molecule has 5 nitrogen and oxygen atoms in total. The molecule has 0 radical (unpaired) electrons. The molecule has 0 fully saturated rings. The van der Waals surface area contributed by atoms with Gasteiger partial charge in [-0.05, 0) is 25.1 Å². The Morgan fingerprint density at radius 1 is 1.50 bits per heavy atom. The number of hydrogen-bond acceptors (Lipinski definition) is 4. The van der Waals surface area contributed by atoms with Crippen LogP contribution in [0.15, 0.2) is 33.8 Å². The van der Waals surface area contributed by atoms with Gasteiger partial charge in [0.1, 0.15) is 5.82 Å². The maximum atomic E-state index is 13.0. The number of benzene rings is 1. The van der Waals surface area contributed by atoms with Crippen LogP contribution in [0.4, 0.5) is 10.1 Å². The lowest BCUT2D eigenvalue weighted by Gasteiger charge is -2.01. The van der Waals surface area contributed by atoms with E-state index >= 15 is 0 Å². The minimum absolute atomic E-state index is 0.0534. The second-order valence-corrected chi connectivity index (χ2v) is 3.91. The molecule has 1 aromatic carbocycles. The van der Waals surface area contributed by atoms with E-state index in [4.69, 9.17) is 21.3 Å². The summed E-state index contributed by atoms with van der Waals surface area (Å²) >= 11 is 5.63. The number of rotatable bonds is 2. The SMILES string of the molecule is Cc1cc(C(=Nc2ccc(F)c(Cl)c2)NO)on1. The van der Waals surface area contributed by atoms with Gasteiger partial charge in [-0.3, -0.25) is 5.21 Å². The summed E-state index contributed by atoms with van der Waals surface area (Å²) in [4.78, 5) is 4.03. The third kappa shape index (κ3) is 2.66. The molecular weight excluding hydrogens is 261 g/mol. The van der Waals surface area contributed by atoms with Crippen LogP contribution in [-0.2, 0) is 0 Å². The van der Waals surface area contributed by atoms with Crippen molar-refractivity contribution in [1.82, 2.24) is 10.6 Å². The molecule has 2 N–H and O–H groups in total. The fourth-order valence-electron chi connectivity index (χ4n) is 1.29. The van der Waals surface area contributed by atoms with Crippen LogP contribution in [0.3, 0.4) is 0 Å². The normalized spacial score (nSPS) is 11.7. The van der Waals surface area contributed by atoms with Gasteiger partial charge in [-0.15, -0.1) is 0 Å². The first-order valence-electron chi connectivity index (χ1n) is 4.97. The van der Waals surface area contributed by atoms with E-state index in [-0.39, 0.29) is 16.6 Å². The zero-order valence-electron chi connectivity index (χ0n) is 9.32. The number of hydroxylamine groups is 1. The van der Waals surface area contributed by atoms with E-state index in [0.29, 0.717) is 11.4 Å². The Balaban J connectivity index is 2.37. The Labute approximate surface area is 107 Å². The number of aliphatic imine (C=N–C) groups is 1. The molecule has 7 heteroatoms. The molecule has 0 amide bonds. The van der Waals surface area contributed by atoms with Crippen molar-refractivity contribution in [2.75, 3.05) is 0 Å². The highest BCUT2D eigenvalue weighted by molar-refractivity contribution is 6.31. The molecule has 94 valence electrons. The van der Waals surface area contributed by atoms with Crippen LogP contribution in [0.5, 0.6) is 0 Å². The second-order valence-electron chi connectivity index (χ2n) is 3.50. The molecule has 2 rings (SSSR count). The Kier molecular flexibility index (Phi) is 3.59. The molecule has 0 spiro atoms. The number of halogens is 2. The maximum Gasteiger partial charge on any atom is 0.204 e. The Morgan fingerprint density at radius 3 is 2.83 bits per heavy atom. The summed E-state index contributed by atoms with van der Waals surface area (Å²) in [6.07, 6.45) is 0. The largest absolute Gasteiger partial charge is 0.353 e. The quantitative estimate of drug-likeness (QED) is 0.500. The fourth-order valence-corrected chi connectivity index (χ4v) is 1.47. The van der Waals surface area contributed by atoms with Gasteiger partial charge in [-0.2, -0.15) is 0 Å². The molecule has 0 aliphatic rings. The summed E-state index contributed by atoms with van der Waals surface area (Å²) in [5, 5.41) is 12.6. The van der Waals surface area contributed by atoms with Crippen molar-refractivity contribution in [3.8, 4) is 0 Å². The smallest absolute Gasteiger partial charge is 0.204 e. The third-order valence-electron chi connectivity index (χ3n) is 2.11. The van der Waals surface area contributed by atoms with Crippen molar-refractivity contribution >= 4 is 23.1 Å². The second kappa shape index (κ2) is 5.16. The van der Waals surface area contributed by atoms with Crippen LogP contribution in [0, 0.1) is 12.7 Å². The highest BCUT2D eigenvalue weighted by atomic mass is 35.5. The first-order chi connectivity index (χ1) is 8.60. The summed E-state index contributed by atoms with van der Waals surface area (Å²) in [6.45, 7) is 1.73. The molecule has 0 saturated carbocycles. The number of aryl methyl sites for hydroxylation is 1. The van der Waals surface area contributed by atoms with Gasteiger partial charge in [-0.25, -0.2) is 14.9 Å². The van der Waals surface area contributed by atoms with Crippen LogP contribution in [0.25, 0.3) is 0 Å². The molecule has 0 atom stereocenters. The Bertz CT molecular complexity index is 598. The van der Waals surface area contributed by atoms with Crippen LogP contribution >= 0.6 is 11.6 Å². The predicted octanol–water partition coefficient (Wildman–Crippen LogP) is 2.83. The minimum atomic E-state index is -0.537. The topological polar surface area (TPSA) is 70.7 Å². The van der Waals surface area contributed by atoms with Crippen molar-refractivity contribution in [2.24, 2.45) is 4.99 Å². The molecular formula is C11H9ClFN3O2. The molecule has 1 heterocycles. The minimum Gasteiger partial charge on any atom is -0.353 e. The van der Waals surface area contributed by atoms with Crippen LogP contribution in [-0.4, -0.2) is 16.2 Å². The molecule has 0 aliphatic carbocycles. The van der Waals surface area contributed by atoms with Crippen molar-refractivity contribution in [3.05, 3.63) is 46.6 Å². The van der Waals surface area contributed by atoms with Crippen molar-refractivity contribution < 1.29 is 14.1 Å². The van der Waals surface area contributed by atoms with E-state index < -0.39 is 5.82 Å². The average Bonchev–Trinajstić information content (AvgIpc) is 2.77. The molecule has 1 aromatic heterocycles. The average molecular weight is 270 g/mol. The van der Waals surface area contributed by atoms with E-state index in [1.54, 1.807) is 13.0 Å². The van der Waals surface area contributed by atoms with Crippen LogP contribution < -0.4 is 5.48 Å². The van der Waals surface area contributed by atoms with Gasteiger partial charge in [0.2, 0.25) is 5.76 Å². The molecule has 0 bridgehead atoms. The molecule has 0 saturated heterocycles. The lowest BCUT2D eigenvalue weighted by atomic mass is 10.3. The van der Waals surface area contributed by atoms with Crippen LogP contribution in [0.1, 0.15) is 11.5 Å². The van der Waals surface area contributed by atoms with Gasteiger partial charge in [-0.1, -0.05) is 16.8 Å². The van der Waals surface area contributed by atoms with Crippen LogP contribution in [0.2, 0.25) is 5.02 Å². The van der Waals surface area contributed by atoms with E-state index in [9.17, 15) is 4.39 Å². The highest BCUT2D eigenvalue weighted by Gasteiger charge is 2.09. The van der Waals surface area contributed by atoms with E-state index in [1.807, 2.05) is 5.48 Å². The summed E-state index contributed by atoms with van der Waals surface area (Å²) in [6, 6.07) is 5.52. The summed E-state index contributed by atoms with van der Waals surface area (Å²) < 4.78 is 17.9. The predicted molar refractivity (Wildman–Crippen MR) is 63.8 cm³/mol. The Morgan fingerprint density at radius 2 is 2.28 bits per heavy atom. The number of hydrogen-bond donors (Lipinski definition) is 2.